The fourth-order valence-corrected chi connectivity index (χ4v) is 17.9. The number of hydrogen-bond donors (Lipinski definition) is 0. The average molecular weight is 787 g/mol. The third-order valence-electron chi connectivity index (χ3n) is 10.3. The normalized spacial score (nSPS) is 14.2. The minimum absolute atomic E-state index is 0. The Morgan fingerprint density at radius 1 is 0.404 bits per heavy atom. The second kappa shape index (κ2) is 15.9. The van der Waals surface area contributed by atoms with E-state index in [1.54, 1.807) is 6.49 Å². The Morgan fingerprint density at radius 3 is 1.31 bits per heavy atom. The molecule has 0 nitrogen and oxygen atoms in total. The first-order chi connectivity index (χ1) is 24.9. The zero-order chi connectivity index (χ0) is 33.3. The van der Waals surface area contributed by atoms with Crippen LogP contribution >= 0.6 is 0 Å². The minimum atomic E-state index is -3.12. The molecule has 7 aromatic rings. The number of rotatable bonds is 7. The van der Waals surface area contributed by atoms with Crippen molar-refractivity contribution < 1.29 is 46.1 Å². The van der Waals surface area contributed by atoms with Crippen molar-refractivity contribution in [3.8, 4) is 11.1 Å². The van der Waals surface area contributed by atoms with E-state index in [0.29, 0.717) is 3.63 Å². The third kappa shape index (κ3) is 6.48. The van der Waals surface area contributed by atoms with E-state index in [0.717, 1.165) is 0 Å². The fraction of sp³-hybridized carbons (Fsp3) is 0.0408. The van der Waals surface area contributed by atoms with Gasteiger partial charge in [-0.2, -0.15) is 0 Å². The molecule has 7 aromatic carbocycles. The van der Waals surface area contributed by atoms with Gasteiger partial charge in [-0.25, -0.2) is 0 Å². The molecule has 2 aliphatic rings. The molecule has 1 unspecified atom stereocenters. The Bertz CT molecular complexity index is 2310. The van der Waals surface area contributed by atoms with Gasteiger partial charge in [-0.15, -0.1) is 0 Å². The van der Waals surface area contributed by atoms with Crippen molar-refractivity contribution in [2.75, 3.05) is 0 Å². The van der Waals surface area contributed by atoms with Gasteiger partial charge in [-0.05, 0) is 0 Å². The predicted octanol–water partition coefficient (Wildman–Crippen LogP) is 5.94. The van der Waals surface area contributed by atoms with Gasteiger partial charge in [0.2, 0.25) is 0 Å². The van der Waals surface area contributed by atoms with Gasteiger partial charge in [0, 0.05) is 0 Å². The van der Waals surface area contributed by atoms with Crippen molar-refractivity contribution in [3.05, 3.63) is 248 Å². The quantitative estimate of drug-likeness (QED) is 0.188. The molecule has 52 heavy (non-hydrogen) atoms. The van der Waals surface area contributed by atoms with E-state index in [-0.39, 0.29) is 30.7 Å². The van der Waals surface area contributed by atoms with Crippen LogP contribution in [0, 0.1) is 0 Å². The second-order valence-corrected chi connectivity index (χ2v) is 19.2. The SMILES string of the molecule is C1=[C]([Zr+2](=[C](c2ccccc2)c2ccccc2)[CH]2c3ccccc3-c3ccccc32)C(c2ccccc2)C(c2ccccc2)=C1c1ccccc1.[Cl-].[Cl-]. The molecule has 2 aliphatic carbocycles. The van der Waals surface area contributed by atoms with E-state index in [2.05, 4.69) is 206 Å². The molecule has 250 valence electrons. The summed E-state index contributed by atoms with van der Waals surface area (Å²) in [4.78, 5) is 0. The average Bonchev–Trinajstić information content (AvgIpc) is 3.76. The summed E-state index contributed by atoms with van der Waals surface area (Å²) < 4.78 is 3.49. The smallest absolute Gasteiger partial charge is 1.00 e. The van der Waals surface area contributed by atoms with Gasteiger partial charge in [0.15, 0.2) is 0 Å². The summed E-state index contributed by atoms with van der Waals surface area (Å²) in [6.07, 6.45) is 2.65. The molecule has 0 aromatic heterocycles. The first kappa shape index (κ1) is 35.7. The Hall–Kier alpha value is -4.65. The topological polar surface area (TPSA) is 0 Å². The number of fused-ring (bicyclic) bond motifs is 3. The van der Waals surface area contributed by atoms with E-state index in [1.807, 2.05) is 0 Å². The monoisotopic (exact) mass is 784 g/mol. The molecule has 0 heterocycles. The molecular weight excluding hydrogens is 751 g/mol. The molecule has 0 radical (unpaired) electrons. The van der Waals surface area contributed by atoms with Crippen LogP contribution in [-0.4, -0.2) is 3.21 Å². The second-order valence-electron chi connectivity index (χ2n) is 13.1. The van der Waals surface area contributed by atoms with E-state index in [4.69, 9.17) is 0 Å². The van der Waals surface area contributed by atoms with E-state index in [9.17, 15) is 0 Å². The van der Waals surface area contributed by atoms with Crippen LogP contribution in [0.5, 0.6) is 0 Å². The Labute approximate surface area is 327 Å². The molecule has 0 saturated heterocycles. The Balaban J connectivity index is 0.00000210. The molecule has 0 amide bonds. The number of benzene rings is 7. The van der Waals surface area contributed by atoms with Crippen molar-refractivity contribution in [1.82, 2.24) is 0 Å². The van der Waals surface area contributed by atoms with E-state index >= 15 is 0 Å². The maximum atomic E-state index is 2.65. The molecule has 0 N–H and O–H groups in total. The van der Waals surface area contributed by atoms with Gasteiger partial charge in [0.1, 0.15) is 0 Å². The van der Waals surface area contributed by atoms with Crippen molar-refractivity contribution in [1.29, 1.82) is 0 Å². The molecule has 0 bridgehead atoms. The summed E-state index contributed by atoms with van der Waals surface area (Å²) in [5, 5.41) is 0. The van der Waals surface area contributed by atoms with Crippen molar-refractivity contribution >= 4 is 14.4 Å². The van der Waals surface area contributed by atoms with Crippen molar-refractivity contribution in [2.45, 2.75) is 9.54 Å². The van der Waals surface area contributed by atoms with Crippen LogP contribution in [0.25, 0.3) is 22.3 Å². The molecular formula is C49H36Cl2Zr. The predicted molar refractivity (Wildman–Crippen MR) is 207 cm³/mol. The summed E-state index contributed by atoms with van der Waals surface area (Å²) in [5.41, 5.74) is 15.1. The molecule has 0 fully saturated rings. The Morgan fingerprint density at radius 2 is 0.808 bits per heavy atom. The summed E-state index contributed by atoms with van der Waals surface area (Å²) in [6, 6.07) is 74.6. The first-order valence-corrected chi connectivity index (χ1v) is 21.4. The maximum Gasteiger partial charge on any atom is -1.00 e. The van der Waals surface area contributed by atoms with Gasteiger partial charge in [-0.3, -0.25) is 0 Å². The van der Waals surface area contributed by atoms with Crippen LogP contribution in [0.3, 0.4) is 0 Å². The third-order valence-corrected chi connectivity index (χ3v) is 18.6. The zero-order valence-corrected chi connectivity index (χ0v) is 32.5. The van der Waals surface area contributed by atoms with Crippen molar-refractivity contribution in [2.24, 2.45) is 0 Å². The minimum Gasteiger partial charge on any atom is -1.00 e. The Kier molecular flexibility index (Phi) is 11.0. The van der Waals surface area contributed by atoms with Crippen LogP contribution in [-0.2, 0) is 21.3 Å². The summed E-state index contributed by atoms with van der Waals surface area (Å²) in [5.74, 6) is 0.130. The molecule has 1 atom stereocenters. The van der Waals surface area contributed by atoms with Crippen molar-refractivity contribution in [3.63, 3.8) is 0 Å². The molecule has 3 heteroatoms. The number of halogens is 2. The van der Waals surface area contributed by atoms with Gasteiger partial charge in [-0.1, -0.05) is 0 Å². The molecule has 0 aliphatic heterocycles. The number of hydrogen-bond acceptors (Lipinski definition) is 0. The van der Waals surface area contributed by atoms with Crippen LogP contribution in [0.2, 0.25) is 0 Å². The molecule has 0 saturated carbocycles. The molecule has 0 spiro atoms. The fourth-order valence-electron chi connectivity index (χ4n) is 8.26. The van der Waals surface area contributed by atoms with Crippen LogP contribution in [0.4, 0.5) is 0 Å². The summed E-state index contributed by atoms with van der Waals surface area (Å²) >= 11 is -3.12. The maximum absolute atomic E-state index is 3.12. The van der Waals surface area contributed by atoms with Gasteiger partial charge >= 0.3 is 305 Å². The van der Waals surface area contributed by atoms with Crippen LogP contribution < -0.4 is 24.8 Å². The molecule has 9 rings (SSSR count). The van der Waals surface area contributed by atoms with Crippen LogP contribution in [0.1, 0.15) is 48.5 Å². The number of allylic oxidation sites excluding steroid dienone is 4. The standard InChI is InChI=1S/C23H17.C13H9.C13H10.2ClH.Zr/c1-4-10-18(11-5-1)21-16-17-22(19-12-6-2-7-13-19)23(21)20-14-8-3-9-15-20;1-3-7-12-10(5-1)9-11-6-2-4-8-13(11)12;1-3-7-12(8-4-1)11-13-9-5-2-6-10-13;;;/h1-16,22H;1-9H;1-10H;2*1H;/q;;;;;+2/p-2. The van der Waals surface area contributed by atoms with E-state index < -0.39 is 21.3 Å². The van der Waals surface area contributed by atoms with E-state index in [1.165, 1.54) is 61.2 Å². The first-order valence-electron chi connectivity index (χ1n) is 17.5. The van der Waals surface area contributed by atoms with Gasteiger partial charge < -0.3 is 24.8 Å². The van der Waals surface area contributed by atoms with Crippen LogP contribution in [0.15, 0.2) is 210 Å². The zero-order valence-electron chi connectivity index (χ0n) is 28.5. The van der Waals surface area contributed by atoms with Gasteiger partial charge in [0.25, 0.3) is 0 Å². The van der Waals surface area contributed by atoms with Gasteiger partial charge in [0.05, 0.1) is 0 Å². The summed E-state index contributed by atoms with van der Waals surface area (Å²) in [7, 11) is 0. The summed E-state index contributed by atoms with van der Waals surface area (Å²) in [6.45, 7) is 0. The largest absolute Gasteiger partial charge is 1.00 e.